The van der Waals surface area contributed by atoms with Crippen LogP contribution in [-0.2, 0) is 11.3 Å². The second-order valence-corrected chi connectivity index (χ2v) is 6.94. The molecule has 2 heterocycles. The Hall–Kier alpha value is -1.60. The van der Waals surface area contributed by atoms with Gasteiger partial charge in [0.1, 0.15) is 6.54 Å². The molecular weight excluding hydrogens is 342 g/mol. The first-order chi connectivity index (χ1) is 11.6. The molecule has 0 bridgehead atoms. The van der Waals surface area contributed by atoms with E-state index in [1.165, 1.54) is 19.3 Å². The molecule has 1 saturated carbocycles. The number of rotatable bonds is 4. The smallest absolute Gasteiger partial charge is 0.257 e. The zero-order chi connectivity index (χ0) is 16.9. The van der Waals surface area contributed by atoms with Gasteiger partial charge in [0.05, 0.1) is 11.8 Å². The molecule has 0 radical (unpaired) electrons. The molecule has 25 heavy (non-hydrogen) atoms. The SMILES string of the molecule is CC1CN(C(=O)c2cnn(CC(=O)NC3CCCCC3)c2)CCN1.Cl. The van der Waals surface area contributed by atoms with Crippen molar-refractivity contribution in [2.75, 3.05) is 19.6 Å². The van der Waals surface area contributed by atoms with Crippen molar-refractivity contribution in [1.82, 2.24) is 25.3 Å². The molecule has 2 fully saturated rings. The van der Waals surface area contributed by atoms with Crippen LogP contribution in [0, 0.1) is 0 Å². The Morgan fingerprint density at radius 3 is 2.80 bits per heavy atom. The predicted octanol–water partition coefficient (Wildman–Crippen LogP) is 1.19. The standard InChI is InChI=1S/C17H27N5O2.ClH/c1-13-10-21(8-7-18-13)17(24)14-9-19-22(11-14)12-16(23)20-15-5-3-2-4-6-15;/h9,11,13,15,18H,2-8,10,12H2,1H3,(H,20,23);1H. The highest BCUT2D eigenvalue weighted by molar-refractivity contribution is 5.94. The lowest BCUT2D eigenvalue weighted by Gasteiger charge is -2.31. The molecule has 1 aromatic rings. The molecule has 7 nitrogen and oxygen atoms in total. The van der Waals surface area contributed by atoms with Gasteiger partial charge in [0.15, 0.2) is 0 Å². The van der Waals surface area contributed by atoms with Crippen LogP contribution in [-0.4, -0.2) is 58.2 Å². The van der Waals surface area contributed by atoms with Gasteiger partial charge >= 0.3 is 0 Å². The summed E-state index contributed by atoms with van der Waals surface area (Å²) in [5, 5.41) is 10.6. The Balaban J connectivity index is 0.00000225. The average molecular weight is 370 g/mol. The molecule has 140 valence electrons. The molecule has 0 aromatic carbocycles. The summed E-state index contributed by atoms with van der Waals surface area (Å²) in [6, 6.07) is 0.601. The first-order valence-corrected chi connectivity index (χ1v) is 8.96. The van der Waals surface area contributed by atoms with Gasteiger partial charge in [-0.25, -0.2) is 0 Å². The monoisotopic (exact) mass is 369 g/mol. The number of halogens is 1. The van der Waals surface area contributed by atoms with Crippen molar-refractivity contribution >= 4 is 24.2 Å². The summed E-state index contributed by atoms with van der Waals surface area (Å²) in [5.74, 6) is -0.0397. The van der Waals surface area contributed by atoms with Gasteiger partial charge in [-0.05, 0) is 19.8 Å². The van der Waals surface area contributed by atoms with Crippen molar-refractivity contribution in [3.8, 4) is 0 Å². The first-order valence-electron chi connectivity index (χ1n) is 8.96. The molecule has 8 heteroatoms. The van der Waals surface area contributed by atoms with Gasteiger partial charge in [0, 0.05) is 37.9 Å². The van der Waals surface area contributed by atoms with Crippen molar-refractivity contribution in [3.05, 3.63) is 18.0 Å². The van der Waals surface area contributed by atoms with Crippen molar-refractivity contribution in [3.63, 3.8) is 0 Å². The van der Waals surface area contributed by atoms with Crippen LogP contribution in [0.15, 0.2) is 12.4 Å². The molecule has 2 aliphatic rings. The average Bonchev–Trinajstić information content (AvgIpc) is 3.03. The fraction of sp³-hybridized carbons (Fsp3) is 0.706. The van der Waals surface area contributed by atoms with Gasteiger partial charge in [-0.2, -0.15) is 5.10 Å². The van der Waals surface area contributed by atoms with E-state index in [-0.39, 0.29) is 30.8 Å². The quantitative estimate of drug-likeness (QED) is 0.835. The van der Waals surface area contributed by atoms with Crippen LogP contribution in [0.3, 0.4) is 0 Å². The van der Waals surface area contributed by atoms with E-state index < -0.39 is 0 Å². The third kappa shape index (κ3) is 5.44. The maximum absolute atomic E-state index is 12.5. The maximum Gasteiger partial charge on any atom is 0.257 e. The van der Waals surface area contributed by atoms with Crippen LogP contribution < -0.4 is 10.6 Å². The van der Waals surface area contributed by atoms with Crippen LogP contribution >= 0.6 is 12.4 Å². The summed E-state index contributed by atoms with van der Waals surface area (Å²) in [6.07, 6.45) is 9.01. The number of nitrogens with one attached hydrogen (secondary N) is 2. The summed E-state index contributed by atoms with van der Waals surface area (Å²) >= 11 is 0. The zero-order valence-corrected chi connectivity index (χ0v) is 15.6. The fourth-order valence-corrected chi connectivity index (χ4v) is 3.53. The molecule has 1 unspecified atom stereocenters. The summed E-state index contributed by atoms with van der Waals surface area (Å²) in [6.45, 7) is 4.45. The van der Waals surface area contributed by atoms with Crippen LogP contribution in [0.25, 0.3) is 0 Å². The van der Waals surface area contributed by atoms with Crippen LogP contribution in [0.1, 0.15) is 49.4 Å². The van der Waals surface area contributed by atoms with E-state index in [2.05, 4.69) is 22.7 Å². The van der Waals surface area contributed by atoms with Crippen LogP contribution in [0.5, 0.6) is 0 Å². The van der Waals surface area contributed by atoms with Crippen molar-refractivity contribution in [2.45, 2.75) is 57.7 Å². The number of amides is 2. The molecule has 1 aromatic heterocycles. The van der Waals surface area contributed by atoms with E-state index in [0.717, 1.165) is 19.4 Å². The molecule has 2 amide bonds. The fourth-order valence-electron chi connectivity index (χ4n) is 3.53. The lowest BCUT2D eigenvalue weighted by atomic mass is 9.95. The van der Waals surface area contributed by atoms with E-state index in [1.807, 2.05) is 4.90 Å². The molecule has 1 atom stereocenters. The van der Waals surface area contributed by atoms with E-state index in [9.17, 15) is 9.59 Å². The number of carbonyl (C=O) groups excluding carboxylic acids is 2. The highest BCUT2D eigenvalue weighted by Crippen LogP contribution is 2.17. The highest BCUT2D eigenvalue weighted by Gasteiger charge is 2.23. The number of hydrogen-bond donors (Lipinski definition) is 2. The molecule has 1 saturated heterocycles. The van der Waals surface area contributed by atoms with E-state index >= 15 is 0 Å². The number of nitrogens with zero attached hydrogens (tertiary/aromatic N) is 3. The van der Waals surface area contributed by atoms with Gasteiger partial charge in [-0.1, -0.05) is 19.3 Å². The predicted molar refractivity (Wildman–Crippen MR) is 97.9 cm³/mol. The summed E-state index contributed by atoms with van der Waals surface area (Å²) in [5.41, 5.74) is 0.551. The molecule has 0 spiro atoms. The molecule has 3 rings (SSSR count). The minimum absolute atomic E-state index is 0. The second-order valence-electron chi connectivity index (χ2n) is 6.94. The van der Waals surface area contributed by atoms with E-state index in [0.29, 0.717) is 30.7 Å². The van der Waals surface area contributed by atoms with E-state index in [4.69, 9.17) is 0 Å². The normalized spacial score (nSPS) is 21.5. The molecule has 2 N–H and O–H groups in total. The van der Waals surface area contributed by atoms with Gasteiger partial charge in [-0.15, -0.1) is 12.4 Å². The van der Waals surface area contributed by atoms with Gasteiger partial charge in [0.2, 0.25) is 5.91 Å². The maximum atomic E-state index is 12.5. The Bertz CT molecular complexity index is 585. The first kappa shape index (κ1) is 19.7. The van der Waals surface area contributed by atoms with Crippen LogP contribution in [0.4, 0.5) is 0 Å². The summed E-state index contributed by atoms with van der Waals surface area (Å²) < 4.78 is 1.55. The van der Waals surface area contributed by atoms with Crippen molar-refractivity contribution in [2.24, 2.45) is 0 Å². The molecular formula is C17H28ClN5O2. The Morgan fingerprint density at radius 1 is 1.32 bits per heavy atom. The third-order valence-electron chi connectivity index (χ3n) is 4.81. The second kappa shape index (κ2) is 9.20. The van der Waals surface area contributed by atoms with Crippen molar-refractivity contribution < 1.29 is 9.59 Å². The number of hydrogen-bond acceptors (Lipinski definition) is 4. The topological polar surface area (TPSA) is 79.3 Å². The zero-order valence-electron chi connectivity index (χ0n) is 14.7. The van der Waals surface area contributed by atoms with Crippen LogP contribution in [0.2, 0.25) is 0 Å². The molecule has 1 aliphatic carbocycles. The Labute approximate surface area is 154 Å². The van der Waals surface area contributed by atoms with E-state index in [1.54, 1.807) is 17.1 Å². The minimum Gasteiger partial charge on any atom is -0.352 e. The lowest BCUT2D eigenvalue weighted by Crippen LogP contribution is -2.51. The lowest BCUT2D eigenvalue weighted by molar-refractivity contribution is -0.122. The third-order valence-corrected chi connectivity index (χ3v) is 4.81. The van der Waals surface area contributed by atoms with Gasteiger partial charge in [-0.3, -0.25) is 14.3 Å². The molecule has 1 aliphatic heterocycles. The highest BCUT2D eigenvalue weighted by atomic mass is 35.5. The Kier molecular flexibility index (Phi) is 7.25. The number of carbonyl (C=O) groups is 2. The van der Waals surface area contributed by atoms with Crippen molar-refractivity contribution in [1.29, 1.82) is 0 Å². The summed E-state index contributed by atoms with van der Waals surface area (Å²) in [7, 11) is 0. The summed E-state index contributed by atoms with van der Waals surface area (Å²) in [4.78, 5) is 26.5. The van der Waals surface area contributed by atoms with Gasteiger partial charge in [0.25, 0.3) is 5.91 Å². The Morgan fingerprint density at radius 2 is 2.08 bits per heavy atom. The largest absolute Gasteiger partial charge is 0.352 e. The minimum atomic E-state index is -0.0280. The number of aromatic nitrogens is 2. The number of piperazine rings is 1. The van der Waals surface area contributed by atoms with Gasteiger partial charge < -0.3 is 15.5 Å².